The summed E-state index contributed by atoms with van der Waals surface area (Å²) >= 11 is 0. The molecule has 0 aromatic heterocycles. The second-order valence-corrected chi connectivity index (χ2v) is 9.30. The lowest BCUT2D eigenvalue weighted by atomic mass is 10.1. The van der Waals surface area contributed by atoms with Crippen LogP contribution in [0.2, 0.25) is 0 Å². The van der Waals surface area contributed by atoms with Gasteiger partial charge in [0.1, 0.15) is 17.5 Å². The number of hydrogen-bond donors (Lipinski definition) is 1. The van der Waals surface area contributed by atoms with Crippen LogP contribution < -0.4 is 14.8 Å². The van der Waals surface area contributed by atoms with Crippen LogP contribution in [0.25, 0.3) is 10.8 Å². The first-order chi connectivity index (χ1) is 16.2. The van der Waals surface area contributed by atoms with Gasteiger partial charge in [0.25, 0.3) is 5.91 Å². The molecule has 0 aliphatic heterocycles. The third-order valence-electron chi connectivity index (χ3n) is 5.50. The van der Waals surface area contributed by atoms with E-state index < -0.39 is 11.6 Å². The predicted molar refractivity (Wildman–Crippen MR) is 135 cm³/mol. The zero-order chi connectivity index (χ0) is 24.7. The maximum Gasteiger partial charge on any atom is 0.261 e. The van der Waals surface area contributed by atoms with Crippen molar-refractivity contribution in [1.82, 2.24) is 10.2 Å². The van der Waals surface area contributed by atoms with E-state index in [1.54, 1.807) is 12.0 Å². The molecule has 0 bridgehead atoms. The average Bonchev–Trinajstić information content (AvgIpc) is 2.81. The van der Waals surface area contributed by atoms with Gasteiger partial charge in [-0.1, -0.05) is 55.5 Å². The van der Waals surface area contributed by atoms with Gasteiger partial charge in [0.05, 0.1) is 7.11 Å². The lowest BCUT2D eigenvalue weighted by Gasteiger charge is -2.33. The van der Waals surface area contributed by atoms with Crippen LogP contribution in [0.5, 0.6) is 11.5 Å². The Labute approximate surface area is 201 Å². The highest BCUT2D eigenvalue weighted by atomic mass is 16.5. The van der Waals surface area contributed by atoms with Crippen LogP contribution in [0, 0.1) is 0 Å². The molecule has 34 heavy (non-hydrogen) atoms. The van der Waals surface area contributed by atoms with Gasteiger partial charge in [0.2, 0.25) is 5.91 Å². The maximum absolute atomic E-state index is 13.4. The summed E-state index contributed by atoms with van der Waals surface area (Å²) in [6.07, 6.45) is 0.484. The quantitative estimate of drug-likeness (QED) is 0.489. The SMILES string of the molecule is CC[C@@H](C(=O)NC(C)(C)C)N(Cc1ccc(OC)cc1)C(=O)COc1cccc2ccccc12. The number of rotatable bonds is 9. The molecule has 0 saturated carbocycles. The summed E-state index contributed by atoms with van der Waals surface area (Å²) in [5.41, 5.74) is 0.500. The van der Waals surface area contributed by atoms with Crippen LogP contribution in [0.15, 0.2) is 66.7 Å². The predicted octanol–water partition coefficient (Wildman–Crippen LogP) is 4.95. The fraction of sp³-hybridized carbons (Fsp3) is 0.357. The summed E-state index contributed by atoms with van der Waals surface area (Å²) in [6, 6.07) is 20.5. The molecule has 0 heterocycles. The number of fused-ring (bicyclic) bond motifs is 1. The summed E-state index contributed by atoms with van der Waals surface area (Å²) in [4.78, 5) is 28.2. The van der Waals surface area contributed by atoms with Gasteiger partial charge in [-0.25, -0.2) is 0 Å². The monoisotopic (exact) mass is 462 g/mol. The van der Waals surface area contributed by atoms with Gasteiger partial charge in [0, 0.05) is 17.5 Å². The molecule has 0 spiro atoms. The van der Waals surface area contributed by atoms with E-state index in [1.165, 1.54) is 0 Å². The van der Waals surface area contributed by atoms with E-state index in [9.17, 15) is 9.59 Å². The number of hydrogen-bond acceptors (Lipinski definition) is 4. The molecule has 0 radical (unpaired) electrons. The first kappa shape index (κ1) is 25.1. The van der Waals surface area contributed by atoms with Gasteiger partial charge in [0.15, 0.2) is 6.61 Å². The smallest absolute Gasteiger partial charge is 0.261 e. The molecule has 6 heteroatoms. The van der Waals surface area contributed by atoms with Crippen molar-refractivity contribution in [3.05, 3.63) is 72.3 Å². The Morgan fingerprint density at radius 1 is 0.971 bits per heavy atom. The van der Waals surface area contributed by atoms with E-state index >= 15 is 0 Å². The lowest BCUT2D eigenvalue weighted by Crippen LogP contribution is -2.54. The van der Waals surface area contributed by atoms with Crippen molar-refractivity contribution in [1.29, 1.82) is 0 Å². The van der Waals surface area contributed by atoms with Crippen molar-refractivity contribution < 1.29 is 19.1 Å². The molecule has 2 amide bonds. The van der Waals surface area contributed by atoms with Gasteiger partial charge in [-0.2, -0.15) is 0 Å². The number of ether oxygens (including phenoxy) is 2. The van der Waals surface area contributed by atoms with E-state index in [0.29, 0.717) is 12.2 Å². The number of carbonyl (C=O) groups excluding carboxylic acids is 2. The molecule has 0 fully saturated rings. The van der Waals surface area contributed by atoms with Gasteiger partial charge in [-0.3, -0.25) is 9.59 Å². The Morgan fingerprint density at radius 2 is 1.65 bits per heavy atom. The van der Waals surface area contributed by atoms with E-state index in [-0.39, 0.29) is 25.0 Å². The first-order valence-electron chi connectivity index (χ1n) is 11.6. The third-order valence-corrected chi connectivity index (χ3v) is 5.50. The number of carbonyl (C=O) groups is 2. The highest BCUT2D eigenvalue weighted by Crippen LogP contribution is 2.25. The zero-order valence-corrected chi connectivity index (χ0v) is 20.6. The summed E-state index contributed by atoms with van der Waals surface area (Å²) in [5, 5.41) is 5.00. The summed E-state index contributed by atoms with van der Waals surface area (Å²) in [5.74, 6) is 0.947. The normalized spacial score (nSPS) is 12.1. The zero-order valence-electron chi connectivity index (χ0n) is 20.6. The van der Waals surface area contributed by atoms with Crippen LogP contribution in [0.3, 0.4) is 0 Å². The minimum absolute atomic E-state index is 0.163. The Bertz CT molecular complexity index is 1110. The Kier molecular flexibility index (Phi) is 8.16. The van der Waals surface area contributed by atoms with Gasteiger partial charge in [-0.15, -0.1) is 0 Å². The molecule has 3 aromatic rings. The average molecular weight is 463 g/mol. The van der Waals surface area contributed by atoms with Crippen molar-refractivity contribution in [2.45, 2.75) is 52.2 Å². The van der Waals surface area contributed by atoms with Gasteiger partial charge < -0.3 is 19.7 Å². The van der Waals surface area contributed by atoms with E-state index in [2.05, 4.69) is 5.32 Å². The van der Waals surface area contributed by atoms with E-state index in [0.717, 1.165) is 22.1 Å². The van der Waals surface area contributed by atoms with Gasteiger partial charge in [-0.05, 0) is 56.3 Å². The fourth-order valence-corrected chi connectivity index (χ4v) is 3.84. The molecule has 3 aromatic carbocycles. The van der Waals surface area contributed by atoms with E-state index in [1.807, 2.05) is 94.4 Å². The summed E-state index contributed by atoms with van der Waals surface area (Å²) < 4.78 is 11.2. The number of nitrogens with zero attached hydrogens (tertiary/aromatic N) is 1. The van der Waals surface area contributed by atoms with E-state index in [4.69, 9.17) is 9.47 Å². The number of benzene rings is 3. The molecule has 0 aliphatic carbocycles. The van der Waals surface area contributed by atoms with Crippen LogP contribution in [-0.4, -0.2) is 42.0 Å². The third kappa shape index (κ3) is 6.50. The number of amides is 2. The first-order valence-corrected chi connectivity index (χ1v) is 11.6. The molecule has 0 saturated heterocycles. The summed E-state index contributed by atoms with van der Waals surface area (Å²) in [7, 11) is 1.61. The molecule has 180 valence electrons. The lowest BCUT2D eigenvalue weighted by molar-refractivity contribution is -0.143. The van der Waals surface area contributed by atoms with Crippen molar-refractivity contribution in [2.75, 3.05) is 13.7 Å². The number of methoxy groups -OCH3 is 1. The van der Waals surface area contributed by atoms with Crippen LogP contribution in [-0.2, 0) is 16.1 Å². The Balaban J connectivity index is 1.84. The number of nitrogens with one attached hydrogen (secondary N) is 1. The van der Waals surface area contributed by atoms with Crippen molar-refractivity contribution in [3.63, 3.8) is 0 Å². The van der Waals surface area contributed by atoms with Crippen LogP contribution in [0.4, 0.5) is 0 Å². The topological polar surface area (TPSA) is 67.9 Å². The molecule has 3 rings (SSSR count). The Hall–Kier alpha value is -3.54. The fourth-order valence-electron chi connectivity index (χ4n) is 3.84. The second-order valence-electron chi connectivity index (χ2n) is 9.30. The molecule has 0 aliphatic rings. The Morgan fingerprint density at radius 3 is 2.29 bits per heavy atom. The highest BCUT2D eigenvalue weighted by Gasteiger charge is 2.31. The largest absolute Gasteiger partial charge is 0.497 e. The molecule has 1 N–H and O–H groups in total. The van der Waals surface area contributed by atoms with Crippen molar-refractivity contribution >= 4 is 22.6 Å². The minimum Gasteiger partial charge on any atom is -0.497 e. The standard InChI is InChI=1S/C28H34N2O4/c1-6-24(27(32)29-28(2,3)4)30(18-20-14-16-22(33-5)17-15-20)26(31)19-34-25-13-9-11-21-10-7-8-12-23(21)25/h7-17,24H,6,18-19H2,1-5H3,(H,29,32)/t24-/m0/s1. The van der Waals surface area contributed by atoms with Gasteiger partial charge >= 0.3 is 0 Å². The molecular weight excluding hydrogens is 428 g/mol. The van der Waals surface area contributed by atoms with Crippen LogP contribution in [0.1, 0.15) is 39.7 Å². The summed E-state index contributed by atoms with van der Waals surface area (Å²) in [6.45, 7) is 7.82. The molecule has 1 atom stereocenters. The maximum atomic E-state index is 13.4. The minimum atomic E-state index is -0.620. The molecular formula is C28H34N2O4. The molecule has 6 nitrogen and oxygen atoms in total. The molecule has 0 unspecified atom stereocenters. The van der Waals surface area contributed by atoms with Crippen LogP contribution >= 0.6 is 0 Å². The van der Waals surface area contributed by atoms with Crippen molar-refractivity contribution in [2.24, 2.45) is 0 Å². The highest BCUT2D eigenvalue weighted by molar-refractivity contribution is 5.90. The second kappa shape index (κ2) is 11.1. The van der Waals surface area contributed by atoms with Crippen molar-refractivity contribution in [3.8, 4) is 11.5 Å².